The first-order valence-corrected chi connectivity index (χ1v) is 8.71. The van der Waals surface area contributed by atoms with Gasteiger partial charge in [0.25, 0.3) is 5.91 Å². The zero-order valence-corrected chi connectivity index (χ0v) is 16.1. The highest BCUT2D eigenvalue weighted by molar-refractivity contribution is 6.30. The summed E-state index contributed by atoms with van der Waals surface area (Å²) in [5.41, 5.74) is 1.30. The van der Waals surface area contributed by atoms with Crippen LogP contribution in [0, 0.1) is 0 Å². The number of rotatable bonds is 9. The molecule has 0 atom stereocenters. The second-order valence-electron chi connectivity index (χ2n) is 5.63. The van der Waals surface area contributed by atoms with E-state index in [1.807, 2.05) is 6.07 Å². The molecule has 0 aromatic heterocycles. The number of carbonyl (C=O) groups excluding carboxylic acids is 1. The average molecular weight is 412 g/mol. The summed E-state index contributed by atoms with van der Waals surface area (Å²) in [5, 5.41) is 3.16. The molecule has 0 aliphatic rings. The van der Waals surface area contributed by atoms with E-state index in [4.69, 9.17) is 21.1 Å². The van der Waals surface area contributed by atoms with E-state index < -0.39 is 12.5 Å². The maximum atomic E-state index is 12.5. The molecule has 0 spiro atoms. The molecule has 150 valence electrons. The summed E-state index contributed by atoms with van der Waals surface area (Å²) < 4.78 is 39.4. The summed E-state index contributed by atoms with van der Waals surface area (Å²) in [6, 6.07) is 11.7. The molecular formula is C20H20ClF2NO4. The molecule has 28 heavy (non-hydrogen) atoms. The quantitative estimate of drug-likeness (QED) is 0.494. The van der Waals surface area contributed by atoms with E-state index in [2.05, 4.69) is 10.1 Å². The van der Waals surface area contributed by atoms with Crippen molar-refractivity contribution in [2.75, 3.05) is 20.8 Å². The van der Waals surface area contributed by atoms with Crippen molar-refractivity contribution in [1.82, 2.24) is 5.32 Å². The summed E-state index contributed by atoms with van der Waals surface area (Å²) >= 11 is 5.83. The van der Waals surface area contributed by atoms with E-state index in [0.717, 1.165) is 11.8 Å². The number of hydrogen-bond donors (Lipinski definition) is 1. The standard InChI is InChI=1S/C20H20ClF2NO4/c1-26-17-8-3-13(11-18(17)27-2)9-10-24-19(25)16(12-28-20(22)23)14-4-6-15(21)7-5-14/h3-8,11-12,20H,9-10H2,1-2H3,(H,24,25). The van der Waals surface area contributed by atoms with Crippen molar-refractivity contribution in [3.8, 4) is 11.5 Å². The van der Waals surface area contributed by atoms with Gasteiger partial charge >= 0.3 is 6.61 Å². The van der Waals surface area contributed by atoms with Crippen LogP contribution in [0.15, 0.2) is 48.7 Å². The molecule has 0 saturated carbocycles. The van der Waals surface area contributed by atoms with Gasteiger partial charge in [-0.25, -0.2) is 0 Å². The lowest BCUT2D eigenvalue weighted by atomic mass is 10.1. The molecule has 8 heteroatoms. The van der Waals surface area contributed by atoms with Crippen LogP contribution < -0.4 is 14.8 Å². The number of methoxy groups -OCH3 is 2. The van der Waals surface area contributed by atoms with Crippen molar-refractivity contribution >= 4 is 23.1 Å². The number of ether oxygens (including phenoxy) is 3. The average Bonchev–Trinajstić information content (AvgIpc) is 2.69. The molecule has 0 bridgehead atoms. The third-order valence-corrected chi connectivity index (χ3v) is 4.09. The zero-order chi connectivity index (χ0) is 20.5. The van der Waals surface area contributed by atoms with Gasteiger partial charge in [0.1, 0.15) is 6.26 Å². The van der Waals surface area contributed by atoms with Crippen molar-refractivity contribution < 1.29 is 27.8 Å². The molecule has 2 rings (SSSR count). The van der Waals surface area contributed by atoms with E-state index in [1.165, 1.54) is 7.11 Å². The molecule has 1 N–H and O–H groups in total. The Hall–Kier alpha value is -2.80. The van der Waals surface area contributed by atoms with Gasteiger partial charge in [0.15, 0.2) is 11.5 Å². The predicted octanol–water partition coefficient (Wildman–Crippen LogP) is 4.30. The third kappa shape index (κ3) is 6.13. The summed E-state index contributed by atoms with van der Waals surface area (Å²) in [5.74, 6) is 0.647. The van der Waals surface area contributed by atoms with Crippen LogP contribution in [0.3, 0.4) is 0 Å². The Balaban J connectivity index is 2.05. The van der Waals surface area contributed by atoms with E-state index in [9.17, 15) is 13.6 Å². The number of alkyl halides is 2. The number of hydrogen-bond acceptors (Lipinski definition) is 4. The minimum Gasteiger partial charge on any atom is -0.493 e. The lowest BCUT2D eigenvalue weighted by Gasteiger charge is -2.12. The van der Waals surface area contributed by atoms with Crippen LogP contribution >= 0.6 is 11.6 Å². The van der Waals surface area contributed by atoms with Crippen LogP contribution in [0.1, 0.15) is 11.1 Å². The normalized spacial score (nSPS) is 11.3. The van der Waals surface area contributed by atoms with Gasteiger partial charge < -0.3 is 19.5 Å². The fraction of sp³-hybridized carbons (Fsp3) is 0.250. The second kappa shape index (κ2) is 10.5. The smallest absolute Gasteiger partial charge is 0.386 e. The first-order valence-electron chi connectivity index (χ1n) is 8.33. The number of halogens is 3. The van der Waals surface area contributed by atoms with E-state index >= 15 is 0 Å². The van der Waals surface area contributed by atoms with Crippen LogP contribution in [-0.2, 0) is 16.0 Å². The zero-order valence-electron chi connectivity index (χ0n) is 15.4. The van der Waals surface area contributed by atoms with Gasteiger partial charge in [0, 0.05) is 11.6 Å². The van der Waals surface area contributed by atoms with Gasteiger partial charge in [-0.2, -0.15) is 8.78 Å². The van der Waals surface area contributed by atoms with Gasteiger partial charge in [-0.3, -0.25) is 4.79 Å². The maximum absolute atomic E-state index is 12.5. The fourth-order valence-electron chi connectivity index (χ4n) is 2.45. The number of nitrogens with one attached hydrogen (secondary N) is 1. The van der Waals surface area contributed by atoms with Crippen molar-refractivity contribution in [3.05, 3.63) is 64.9 Å². The van der Waals surface area contributed by atoms with Crippen LogP contribution in [-0.4, -0.2) is 33.3 Å². The summed E-state index contributed by atoms with van der Waals surface area (Å²) in [6.45, 7) is -2.74. The summed E-state index contributed by atoms with van der Waals surface area (Å²) in [6.07, 6.45) is 1.26. The fourth-order valence-corrected chi connectivity index (χ4v) is 2.58. The molecule has 5 nitrogen and oxygen atoms in total. The Morgan fingerprint density at radius 1 is 1.11 bits per heavy atom. The molecule has 0 saturated heterocycles. The summed E-state index contributed by atoms with van der Waals surface area (Å²) in [7, 11) is 3.08. The van der Waals surface area contributed by atoms with E-state index in [1.54, 1.807) is 43.5 Å². The highest BCUT2D eigenvalue weighted by atomic mass is 35.5. The number of carbonyl (C=O) groups is 1. The predicted molar refractivity (Wildman–Crippen MR) is 103 cm³/mol. The lowest BCUT2D eigenvalue weighted by Crippen LogP contribution is -2.26. The van der Waals surface area contributed by atoms with Crippen molar-refractivity contribution in [1.29, 1.82) is 0 Å². The lowest BCUT2D eigenvalue weighted by molar-refractivity contribution is -0.116. The second-order valence-corrected chi connectivity index (χ2v) is 6.07. The van der Waals surface area contributed by atoms with Gasteiger partial charge in [0.2, 0.25) is 0 Å². The molecule has 0 heterocycles. The Morgan fingerprint density at radius 2 is 1.79 bits per heavy atom. The van der Waals surface area contributed by atoms with Gasteiger partial charge in [0.05, 0.1) is 19.8 Å². The maximum Gasteiger partial charge on any atom is 0.386 e. The van der Waals surface area contributed by atoms with Gasteiger partial charge in [-0.05, 0) is 41.8 Å². The van der Waals surface area contributed by atoms with Crippen LogP contribution in [0.2, 0.25) is 5.02 Å². The van der Waals surface area contributed by atoms with E-state index in [0.29, 0.717) is 28.5 Å². The highest BCUT2D eigenvalue weighted by Gasteiger charge is 2.14. The molecule has 1 amide bonds. The molecule has 0 aliphatic carbocycles. The molecule has 0 unspecified atom stereocenters. The molecule has 0 radical (unpaired) electrons. The Kier molecular flexibility index (Phi) is 8.07. The van der Waals surface area contributed by atoms with Gasteiger partial charge in [-0.1, -0.05) is 29.8 Å². The topological polar surface area (TPSA) is 56.8 Å². The van der Waals surface area contributed by atoms with E-state index in [-0.39, 0.29) is 12.1 Å². The van der Waals surface area contributed by atoms with Crippen molar-refractivity contribution in [3.63, 3.8) is 0 Å². The minimum atomic E-state index is -3.03. The first-order chi connectivity index (χ1) is 13.4. The Morgan fingerprint density at radius 3 is 2.39 bits per heavy atom. The minimum absolute atomic E-state index is 0.0238. The largest absolute Gasteiger partial charge is 0.493 e. The molecule has 2 aromatic carbocycles. The third-order valence-electron chi connectivity index (χ3n) is 3.84. The van der Waals surface area contributed by atoms with Crippen molar-refractivity contribution in [2.24, 2.45) is 0 Å². The van der Waals surface area contributed by atoms with Crippen molar-refractivity contribution in [2.45, 2.75) is 13.0 Å². The highest BCUT2D eigenvalue weighted by Crippen LogP contribution is 2.27. The molecule has 2 aromatic rings. The Bertz CT molecular complexity index is 825. The SMILES string of the molecule is COc1ccc(CCNC(=O)C(=COC(F)F)c2ccc(Cl)cc2)cc1OC. The molecular weight excluding hydrogens is 392 g/mol. The number of benzene rings is 2. The number of amides is 1. The molecule has 0 aliphatic heterocycles. The van der Waals surface area contributed by atoms with Crippen LogP contribution in [0.4, 0.5) is 8.78 Å². The monoisotopic (exact) mass is 411 g/mol. The Labute approximate surface area is 166 Å². The van der Waals surface area contributed by atoms with Gasteiger partial charge in [-0.15, -0.1) is 0 Å². The van der Waals surface area contributed by atoms with Crippen LogP contribution in [0.25, 0.3) is 5.57 Å². The first kappa shape index (κ1) is 21.5. The summed E-state index contributed by atoms with van der Waals surface area (Å²) in [4.78, 5) is 12.5. The molecule has 0 fully saturated rings. The van der Waals surface area contributed by atoms with Crippen LogP contribution in [0.5, 0.6) is 11.5 Å².